The molecule has 0 unspecified atom stereocenters. The highest BCUT2D eigenvalue weighted by Gasteiger charge is 2.26. The molecule has 0 aliphatic carbocycles. The van der Waals surface area contributed by atoms with Crippen molar-refractivity contribution >= 4 is 29.0 Å². The predicted molar refractivity (Wildman–Crippen MR) is 143 cm³/mol. The van der Waals surface area contributed by atoms with E-state index in [0.717, 1.165) is 4.20 Å². The maximum atomic E-state index is 5.53. The van der Waals surface area contributed by atoms with Crippen LogP contribution in [0.4, 0.5) is 0 Å². The third-order valence-corrected chi connectivity index (χ3v) is 7.71. The highest BCUT2D eigenvalue weighted by Crippen LogP contribution is 2.34. The highest BCUT2D eigenvalue weighted by molar-refractivity contribution is 8.11. The molecular weight excluding hydrogens is 388 g/mol. The quantitative estimate of drug-likeness (QED) is 0.0932. The number of hydrogen-bond acceptors (Lipinski definition) is 1. The summed E-state index contributed by atoms with van der Waals surface area (Å²) < 4.78 is 0.948. The van der Waals surface area contributed by atoms with Crippen molar-refractivity contribution in [3.63, 3.8) is 0 Å². The zero-order valence-electron chi connectivity index (χ0n) is 20.4. The van der Waals surface area contributed by atoms with Gasteiger partial charge in [0.1, 0.15) is 0 Å². The fraction of sp³-hybridized carbons (Fsp3) is 0.963. The molecule has 0 rings (SSSR count). The van der Waals surface area contributed by atoms with Gasteiger partial charge in [0.2, 0.25) is 0 Å². The number of rotatable bonds is 23. The first-order valence-electron chi connectivity index (χ1n) is 13.3. The molecule has 0 aromatic heterocycles. The normalized spacial score (nSPS) is 11.9. The minimum absolute atomic E-state index is 0.179. The lowest BCUT2D eigenvalue weighted by atomic mass is 9.81. The average Bonchev–Trinajstić information content (AvgIpc) is 2.70. The van der Waals surface area contributed by atoms with Gasteiger partial charge in [-0.1, -0.05) is 161 Å². The van der Waals surface area contributed by atoms with E-state index in [2.05, 4.69) is 33.4 Å². The molecule has 29 heavy (non-hydrogen) atoms. The second-order valence-corrected chi connectivity index (χ2v) is 10.9. The van der Waals surface area contributed by atoms with Crippen molar-refractivity contribution in [1.82, 2.24) is 0 Å². The van der Waals surface area contributed by atoms with E-state index >= 15 is 0 Å². The van der Waals surface area contributed by atoms with Crippen molar-refractivity contribution in [2.75, 3.05) is 0 Å². The van der Waals surface area contributed by atoms with Crippen molar-refractivity contribution in [3.05, 3.63) is 0 Å². The molecule has 0 heterocycles. The molecular formula is C27H54S2. The van der Waals surface area contributed by atoms with Crippen molar-refractivity contribution < 1.29 is 0 Å². The van der Waals surface area contributed by atoms with E-state index in [-0.39, 0.29) is 5.41 Å². The van der Waals surface area contributed by atoms with Gasteiger partial charge in [-0.05, 0) is 12.8 Å². The van der Waals surface area contributed by atoms with Crippen LogP contribution in [0.3, 0.4) is 0 Å². The molecule has 0 saturated heterocycles. The third kappa shape index (κ3) is 18.9. The van der Waals surface area contributed by atoms with Gasteiger partial charge < -0.3 is 0 Å². The third-order valence-electron chi connectivity index (χ3n) is 6.68. The molecule has 0 spiro atoms. The van der Waals surface area contributed by atoms with Crippen LogP contribution in [0.5, 0.6) is 0 Å². The summed E-state index contributed by atoms with van der Waals surface area (Å²) in [6.45, 7) is 6.95. The summed E-state index contributed by atoms with van der Waals surface area (Å²) in [5, 5.41) is 0. The lowest BCUT2D eigenvalue weighted by Crippen LogP contribution is -2.22. The SMILES string of the molecule is CCCCCCCCCCCCC(C)(CCCCCCCCCCCC)C(=S)S. The van der Waals surface area contributed by atoms with Gasteiger partial charge in [-0.15, -0.1) is 12.6 Å². The van der Waals surface area contributed by atoms with E-state index in [9.17, 15) is 0 Å². The summed E-state index contributed by atoms with van der Waals surface area (Å²) in [5.41, 5.74) is 0.179. The molecule has 0 aromatic rings. The molecule has 0 atom stereocenters. The molecule has 174 valence electrons. The molecule has 0 amide bonds. The Kier molecular flexibility index (Phi) is 22.0. The summed E-state index contributed by atoms with van der Waals surface area (Å²) in [5.74, 6) is 0. The Morgan fingerprint density at radius 3 is 1.00 bits per heavy atom. The first-order chi connectivity index (χ1) is 14.1. The zero-order valence-corrected chi connectivity index (χ0v) is 22.1. The van der Waals surface area contributed by atoms with Crippen molar-refractivity contribution in [1.29, 1.82) is 0 Å². The fourth-order valence-electron chi connectivity index (χ4n) is 4.34. The maximum absolute atomic E-state index is 5.53. The first-order valence-corrected chi connectivity index (χ1v) is 14.2. The standard InChI is InChI=1S/C27H54S2/c1-4-6-8-10-12-14-16-18-20-22-24-27(3,26(28)29)25-23-21-19-17-15-13-11-9-7-5-2/h4-25H2,1-3H3,(H,28,29). The van der Waals surface area contributed by atoms with Crippen molar-refractivity contribution in [2.45, 2.75) is 162 Å². The van der Waals surface area contributed by atoms with Crippen molar-refractivity contribution in [2.24, 2.45) is 5.41 Å². The summed E-state index contributed by atoms with van der Waals surface area (Å²) in [6, 6.07) is 0. The molecule has 0 bridgehead atoms. The minimum atomic E-state index is 0.179. The molecule has 0 fully saturated rings. The van der Waals surface area contributed by atoms with E-state index in [4.69, 9.17) is 12.2 Å². The molecule has 0 saturated carbocycles. The Balaban J connectivity index is 3.65. The molecule has 0 nitrogen and oxygen atoms in total. The molecule has 0 N–H and O–H groups in total. The van der Waals surface area contributed by atoms with E-state index < -0.39 is 0 Å². The van der Waals surface area contributed by atoms with Gasteiger partial charge in [0, 0.05) is 5.41 Å². The Morgan fingerprint density at radius 1 is 0.517 bits per heavy atom. The molecule has 0 aliphatic heterocycles. The summed E-state index contributed by atoms with van der Waals surface area (Å²) in [7, 11) is 0. The van der Waals surface area contributed by atoms with Gasteiger partial charge in [0.15, 0.2) is 0 Å². The van der Waals surface area contributed by atoms with Crippen LogP contribution in [0.2, 0.25) is 0 Å². The minimum Gasteiger partial charge on any atom is -0.136 e. The Bertz CT molecular complexity index is 326. The van der Waals surface area contributed by atoms with E-state index in [1.54, 1.807) is 0 Å². The fourth-order valence-corrected chi connectivity index (χ4v) is 4.77. The van der Waals surface area contributed by atoms with Crippen LogP contribution in [-0.4, -0.2) is 4.20 Å². The van der Waals surface area contributed by atoms with Gasteiger partial charge in [0.05, 0.1) is 4.20 Å². The number of unbranched alkanes of at least 4 members (excludes halogenated alkanes) is 18. The Hall–Kier alpha value is 0.440. The highest BCUT2D eigenvalue weighted by atomic mass is 32.1. The number of thiocarbonyl (C=S) groups is 1. The lowest BCUT2D eigenvalue weighted by molar-refractivity contribution is 0.364. The number of thiol groups is 1. The maximum Gasteiger partial charge on any atom is 0.0507 e. The van der Waals surface area contributed by atoms with Crippen LogP contribution in [0.15, 0.2) is 0 Å². The summed E-state index contributed by atoms with van der Waals surface area (Å²) in [4.78, 5) is 0. The van der Waals surface area contributed by atoms with Gasteiger partial charge in [-0.2, -0.15) is 0 Å². The van der Waals surface area contributed by atoms with Crippen LogP contribution < -0.4 is 0 Å². The molecule has 0 radical (unpaired) electrons. The van der Waals surface area contributed by atoms with Crippen LogP contribution in [-0.2, 0) is 0 Å². The number of hydrogen-bond donors (Lipinski definition) is 1. The van der Waals surface area contributed by atoms with Gasteiger partial charge >= 0.3 is 0 Å². The average molecular weight is 443 g/mol. The van der Waals surface area contributed by atoms with E-state index in [0.29, 0.717) is 0 Å². The summed E-state index contributed by atoms with van der Waals surface area (Å²) >= 11 is 10.1. The largest absolute Gasteiger partial charge is 0.136 e. The second kappa shape index (κ2) is 21.7. The van der Waals surface area contributed by atoms with Gasteiger partial charge in [0.25, 0.3) is 0 Å². The lowest BCUT2D eigenvalue weighted by Gasteiger charge is -2.28. The monoisotopic (exact) mass is 442 g/mol. The zero-order chi connectivity index (χ0) is 21.6. The first kappa shape index (κ1) is 29.4. The Labute approximate surface area is 196 Å². The van der Waals surface area contributed by atoms with Crippen LogP contribution in [0.25, 0.3) is 0 Å². The van der Waals surface area contributed by atoms with Crippen LogP contribution in [0.1, 0.15) is 162 Å². The molecule has 0 aliphatic rings. The summed E-state index contributed by atoms with van der Waals surface area (Å²) in [6.07, 6.45) is 30.6. The van der Waals surface area contributed by atoms with E-state index in [1.807, 2.05) is 0 Å². The predicted octanol–water partition coefficient (Wildman–Crippen LogP) is 10.9. The van der Waals surface area contributed by atoms with Gasteiger partial charge in [-0.3, -0.25) is 0 Å². The van der Waals surface area contributed by atoms with Crippen molar-refractivity contribution in [3.8, 4) is 0 Å². The van der Waals surface area contributed by atoms with Gasteiger partial charge in [-0.25, -0.2) is 0 Å². The smallest absolute Gasteiger partial charge is 0.0507 e. The van der Waals surface area contributed by atoms with Crippen LogP contribution in [0, 0.1) is 5.41 Å². The second-order valence-electron chi connectivity index (χ2n) is 9.73. The topological polar surface area (TPSA) is 0 Å². The molecule has 0 aromatic carbocycles. The van der Waals surface area contributed by atoms with E-state index in [1.165, 1.54) is 141 Å². The van der Waals surface area contributed by atoms with Crippen LogP contribution >= 0.6 is 24.8 Å². The molecule has 2 heteroatoms. The Morgan fingerprint density at radius 2 is 0.759 bits per heavy atom.